The van der Waals surface area contributed by atoms with Crippen molar-refractivity contribution in [3.8, 4) is 0 Å². The normalized spacial score (nSPS) is 11.1. The predicted octanol–water partition coefficient (Wildman–Crippen LogP) is 2.77. The van der Waals surface area contributed by atoms with Crippen LogP contribution in [0.15, 0.2) is 34.9 Å². The number of nitrogens with zero attached hydrogens (tertiary/aromatic N) is 1. The second-order valence-electron chi connectivity index (χ2n) is 3.92. The van der Waals surface area contributed by atoms with Gasteiger partial charge in [0.1, 0.15) is 5.52 Å². The number of carbonyl (C=O) groups excluding carboxylic acids is 1. The number of rotatable bonds is 1. The summed E-state index contributed by atoms with van der Waals surface area (Å²) in [6.45, 7) is 1.43. The number of Topliss-reactive ketones (excluding diaryl/α,β-unsaturated/α-hetero) is 1. The number of nitrogen functional groups attached to an aromatic ring is 1. The van der Waals surface area contributed by atoms with Gasteiger partial charge in [-0.2, -0.15) is 0 Å². The number of hydrogen-bond donors (Lipinski definition) is 1. The number of benzene rings is 1. The van der Waals surface area contributed by atoms with Crippen LogP contribution in [0.25, 0.3) is 21.9 Å². The Morgan fingerprint density at radius 3 is 2.94 bits per heavy atom. The number of aromatic nitrogens is 1. The molecule has 0 saturated heterocycles. The summed E-state index contributed by atoms with van der Waals surface area (Å²) >= 11 is 0. The molecule has 0 spiro atoms. The van der Waals surface area contributed by atoms with Gasteiger partial charge in [-0.25, -0.2) is 0 Å². The van der Waals surface area contributed by atoms with Gasteiger partial charge in [0.05, 0.1) is 5.69 Å². The van der Waals surface area contributed by atoms with Crippen LogP contribution in [0.3, 0.4) is 0 Å². The lowest BCUT2D eigenvalue weighted by molar-refractivity contribution is 0.0990. The van der Waals surface area contributed by atoms with E-state index in [2.05, 4.69) is 4.98 Å². The van der Waals surface area contributed by atoms with Gasteiger partial charge in [-0.1, -0.05) is 12.1 Å². The maximum atomic E-state index is 11.4. The first kappa shape index (κ1) is 9.84. The first-order chi connectivity index (χ1) is 8.18. The molecular formula is C13H10N2O2. The molecule has 0 unspecified atom stereocenters. The van der Waals surface area contributed by atoms with Crippen molar-refractivity contribution in [2.45, 2.75) is 6.92 Å². The number of ketones is 1. The maximum Gasteiger partial charge on any atom is 0.197 e. The molecule has 0 saturated carbocycles. The number of nitrogens with two attached hydrogens (primary N) is 1. The predicted molar refractivity (Wildman–Crippen MR) is 65.9 cm³/mol. The van der Waals surface area contributed by atoms with Crippen molar-refractivity contribution < 1.29 is 9.21 Å². The van der Waals surface area contributed by atoms with Crippen LogP contribution in [0.2, 0.25) is 0 Å². The van der Waals surface area contributed by atoms with Gasteiger partial charge in [0.2, 0.25) is 0 Å². The standard InChI is InChI=1S/C13H10N2O2/c1-7(16)12-10(14)9-5-4-8-3-2-6-15-11(8)13(9)17-12/h2-6H,14H2,1H3. The average Bonchev–Trinajstić information content (AvgIpc) is 2.67. The number of fused-ring (bicyclic) bond motifs is 3. The third-order valence-corrected chi connectivity index (χ3v) is 2.79. The SMILES string of the molecule is CC(=O)c1oc2c(ccc3cccnc32)c1N. The summed E-state index contributed by atoms with van der Waals surface area (Å²) in [6.07, 6.45) is 1.69. The van der Waals surface area contributed by atoms with Crippen LogP contribution in [0, 0.1) is 0 Å². The molecule has 0 radical (unpaired) electrons. The highest BCUT2D eigenvalue weighted by atomic mass is 16.3. The lowest BCUT2D eigenvalue weighted by Crippen LogP contribution is -1.94. The Morgan fingerprint density at radius 1 is 1.35 bits per heavy atom. The minimum atomic E-state index is -0.178. The first-order valence-corrected chi connectivity index (χ1v) is 5.25. The Bertz CT molecular complexity index is 744. The number of carbonyl (C=O) groups is 1. The minimum absolute atomic E-state index is 0.178. The van der Waals surface area contributed by atoms with Gasteiger partial charge in [0.25, 0.3) is 0 Å². The summed E-state index contributed by atoms with van der Waals surface area (Å²) in [5.74, 6) is 0.0286. The fourth-order valence-corrected chi connectivity index (χ4v) is 1.97. The van der Waals surface area contributed by atoms with Gasteiger partial charge < -0.3 is 10.2 Å². The van der Waals surface area contributed by atoms with Gasteiger partial charge in [0.15, 0.2) is 17.1 Å². The van der Waals surface area contributed by atoms with Crippen molar-refractivity contribution in [3.63, 3.8) is 0 Å². The summed E-state index contributed by atoms with van der Waals surface area (Å²) in [7, 11) is 0. The topological polar surface area (TPSA) is 69.1 Å². The van der Waals surface area contributed by atoms with Crippen LogP contribution in [0.1, 0.15) is 17.5 Å². The molecule has 84 valence electrons. The molecule has 0 atom stereocenters. The molecule has 0 amide bonds. The van der Waals surface area contributed by atoms with Crippen LogP contribution >= 0.6 is 0 Å². The number of pyridine rings is 1. The number of anilines is 1. The molecule has 0 fully saturated rings. The Labute approximate surface area is 97.0 Å². The van der Waals surface area contributed by atoms with E-state index in [0.717, 1.165) is 16.3 Å². The lowest BCUT2D eigenvalue weighted by atomic mass is 10.1. The Balaban J connectivity index is 2.51. The lowest BCUT2D eigenvalue weighted by Gasteiger charge is -1.96. The largest absolute Gasteiger partial charge is 0.448 e. The van der Waals surface area contributed by atoms with E-state index in [1.54, 1.807) is 6.20 Å². The molecular weight excluding hydrogens is 216 g/mol. The van der Waals surface area contributed by atoms with Crippen LogP contribution in [-0.2, 0) is 0 Å². The van der Waals surface area contributed by atoms with E-state index in [-0.39, 0.29) is 11.5 Å². The Kier molecular flexibility index (Phi) is 1.92. The molecule has 0 aliphatic heterocycles. The summed E-state index contributed by atoms with van der Waals surface area (Å²) in [5, 5.41) is 1.70. The molecule has 17 heavy (non-hydrogen) atoms. The third-order valence-electron chi connectivity index (χ3n) is 2.79. The highest BCUT2D eigenvalue weighted by molar-refractivity contribution is 6.12. The van der Waals surface area contributed by atoms with Crippen LogP contribution in [0.5, 0.6) is 0 Å². The third kappa shape index (κ3) is 1.30. The van der Waals surface area contributed by atoms with Crippen LogP contribution in [-0.4, -0.2) is 10.8 Å². The second-order valence-corrected chi connectivity index (χ2v) is 3.92. The van der Waals surface area contributed by atoms with Gasteiger partial charge in [-0.3, -0.25) is 9.78 Å². The molecule has 2 aromatic heterocycles. The van der Waals surface area contributed by atoms with E-state index in [1.807, 2.05) is 24.3 Å². The van der Waals surface area contributed by atoms with Crippen molar-refractivity contribution in [1.29, 1.82) is 0 Å². The molecule has 4 nitrogen and oxygen atoms in total. The average molecular weight is 226 g/mol. The Morgan fingerprint density at radius 2 is 2.18 bits per heavy atom. The highest BCUT2D eigenvalue weighted by Crippen LogP contribution is 2.32. The van der Waals surface area contributed by atoms with E-state index < -0.39 is 0 Å². The van der Waals surface area contributed by atoms with Crippen molar-refractivity contribution >= 4 is 33.3 Å². The monoisotopic (exact) mass is 226 g/mol. The van der Waals surface area contributed by atoms with Gasteiger partial charge in [-0.05, 0) is 12.1 Å². The van der Waals surface area contributed by atoms with Crippen molar-refractivity contribution in [2.75, 3.05) is 5.73 Å². The smallest absolute Gasteiger partial charge is 0.197 e. The molecule has 2 heterocycles. The molecule has 3 rings (SSSR count). The quantitative estimate of drug-likeness (QED) is 0.648. The molecule has 2 N–H and O–H groups in total. The van der Waals surface area contributed by atoms with Crippen LogP contribution in [0.4, 0.5) is 5.69 Å². The summed E-state index contributed by atoms with van der Waals surface area (Å²) < 4.78 is 5.54. The molecule has 1 aromatic carbocycles. The molecule has 4 heteroatoms. The van der Waals surface area contributed by atoms with E-state index >= 15 is 0 Å². The first-order valence-electron chi connectivity index (χ1n) is 5.25. The fourth-order valence-electron chi connectivity index (χ4n) is 1.97. The zero-order valence-corrected chi connectivity index (χ0v) is 9.23. The molecule has 3 aromatic rings. The molecule has 0 aliphatic rings. The van der Waals surface area contributed by atoms with E-state index in [9.17, 15) is 4.79 Å². The fraction of sp³-hybridized carbons (Fsp3) is 0.0769. The van der Waals surface area contributed by atoms with Gasteiger partial charge in [0, 0.05) is 23.9 Å². The number of hydrogen-bond acceptors (Lipinski definition) is 4. The van der Waals surface area contributed by atoms with Crippen molar-refractivity contribution in [1.82, 2.24) is 4.98 Å². The maximum absolute atomic E-state index is 11.4. The van der Waals surface area contributed by atoms with E-state index in [0.29, 0.717) is 11.3 Å². The summed E-state index contributed by atoms with van der Waals surface area (Å²) in [6, 6.07) is 7.56. The summed E-state index contributed by atoms with van der Waals surface area (Å²) in [5.41, 5.74) is 7.58. The van der Waals surface area contributed by atoms with Crippen LogP contribution < -0.4 is 5.73 Å². The van der Waals surface area contributed by atoms with Gasteiger partial charge >= 0.3 is 0 Å². The Hall–Kier alpha value is -2.36. The van der Waals surface area contributed by atoms with Gasteiger partial charge in [-0.15, -0.1) is 0 Å². The van der Waals surface area contributed by atoms with Crippen molar-refractivity contribution in [2.24, 2.45) is 0 Å². The summed E-state index contributed by atoms with van der Waals surface area (Å²) in [4.78, 5) is 15.6. The molecule has 0 aliphatic carbocycles. The molecule has 0 bridgehead atoms. The highest BCUT2D eigenvalue weighted by Gasteiger charge is 2.17. The van der Waals surface area contributed by atoms with Crippen molar-refractivity contribution in [3.05, 3.63) is 36.2 Å². The number of furan rings is 1. The zero-order chi connectivity index (χ0) is 12.0. The van der Waals surface area contributed by atoms with E-state index in [4.69, 9.17) is 10.2 Å². The minimum Gasteiger partial charge on any atom is -0.448 e. The second kappa shape index (κ2) is 3.31. The van der Waals surface area contributed by atoms with E-state index in [1.165, 1.54) is 6.92 Å². The zero-order valence-electron chi connectivity index (χ0n) is 9.23.